The number of pyridine rings is 1. The fourth-order valence-corrected chi connectivity index (χ4v) is 2.93. The Hall–Kier alpha value is -1.54. The van der Waals surface area contributed by atoms with E-state index in [1.165, 1.54) is 0 Å². The van der Waals surface area contributed by atoms with E-state index < -0.39 is 17.8 Å². The summed E-state index contributed by atoms with van der Waals surface area (Å²) in [4.78, 5) is 15.1. The fourth-order valence-electron chi connectivity index (χ4n) is 1.47. The molecule has 0 aliphatic carbocycles. The maximum atomic E-state index is 12.7. The molecule has 0 atom stereocenters. The maximum absolute atomic E-state index is 12.7. The Balaban J connectivity index is 2.49. The lowest BCUT2D eigenvalue weighted by Crippen LogP contribution is -2.11. The molecule has 110 valence electrons. The average molecular weight is 378 g/mol. The van der Waals surface area contributed by atoms with E-state index in [9.17, 15) is 18.0 Å². The van der Waals surface area contributed by atoms with Gasteiger partial charge in [-0.2, -0.15) is 13.2 Å². The number of carboxylic acids is 1. The molecule has 0 fully saturated rings. The molecule has 0 radical (unpaired) electrons. The van der Waals surface area contributed by atoms with Crippen molar-refractivity contribution < 1.29 is 23.1 Å². The van der Waals surface area contributed by atoms with Gasteiger partial charge in [-0.15, -0.1) is 0 Å². The van der Waals surface area contributed by atoms with E-state index >= 15 is 0 Å². The highest BCUT2D eigenvalue weighted by molar-refractivity contribution is 9.10. The van der Waals surface area contributed by atoms with Gasteiger partial charge in [-0.25, -0.2) is 9.78 Å². The Morgan fingerprint density at radius 2 is 1.86 bits per heavy atom. The molecule has 1 N–H and O–H groups in total. The lowest BCUT2D eigenvalue weighted by molar-refractivity contribution is -0.141. The van der Waals surface area contributed by atoms with Gasteiger partial charge in [-0.3, -0.25) is 0 Å². The van der Waals surface area contributed by atoms with E-state index in [4.69, 9.17) is 5.11 Å². The predicted octanol–water partition coefficient (Wildman–Crippen LogP) is 4.71. The Labute approximate surface area is 130 Å². The number of halogens is 4. The molecule has 21 heavy (non-hydrogen) atoms. The van der Waals surface area contributed by atoms with Crippen molar-refractivity contribution in [2.45, 2.75) is 16.1 Å². The molecule has 0 saturated heterocycles. The minimum Gasteiger partial charge on any atom is -0.478 e. The number of nitrogens with zero attached hydrogens (tertiary/aromatic N) is 1. The highest BCUT2D eigenvalue weighted by Crippen LogP contribution is 2.36. The van der Waals surface area contributed by atoms with Crippen LogP contribution in [0.15, 0.2) is 50.8 Å². The minimum absolute atomic E-state index is 0.204. The van der Waals surface area contributed by atoms with E-state index in [1.807, 2.05) is 0 Å². The van der Waals surface area contributed by atoms with Gasteiger partial charge in [0.15, 0.2) is 0 Å². The topological polar surface area (TPSA) is 50.2 Å². The summed E-state index contributed by atoms with van der Waals surface area (Å²) in [5.74, 6) is -1.33. The second-order valence-corrected chi connectivity index (χ2v) is 5.77. The SMILES string of the molecule is O=C(O)c1ccc(C(F)(F)F)nc1Sc1ccccc1Br. The molecule has 0 unspecified atom stereocenters. The Bertz CT molecular complexity index is 691. The van der Waals surface area contributed by atoms with Crippen molar-refractivity contribution in [1.29, 1.82) is 0 Å². The summed E-state index contributed by atoms with van der Waals surface area (Å²) in [5, 5.41) is 8.86. The largest absolute Gasteiger partial charge is 0.478 e. The second-order valence-electron chi connectivity index (χ2n) is 3.88. The van der Waals surface area contributed by atoms with Crippen LogP contribution < -0.4 is 0 Å². The molecule has 8 heteroatoms. The molecular formula is C13H7BrF3NO2S. The average Bonchev–Trinajstić information content (AvgIpc) is 2.40. The minimum atomic E-state index is -4.62. The van der Waals surface area contributed by atoms with E-state index in [0.717, 1.165) is 17.8 Å². The molecule has 1 heterocycles. The molecule has 3 nitrogen and oxygen atoms in total. The van der Waals surface area contributed by atoms with Crippen LogP contribution in [0.4, 0.5) is 13.2 Å². The number of aromatic nitrogens is 1. The van der Waals surface area contributed by atoms with Crippen LogP contribution in [0.3, 0.4) is 0 Å². The summed E-state index contributed by atoms with van der Waals surface area (Å²) >= 11 is 4.12. The second kappa shape index (κ2) is 6.07. The molecule has 2 rings (SSSR count). The van der Waals surface area contributed by atoms with E-state index in [1.54, 1.807) is 24.3 Å². The Morgan fingerprint density at radius 1 is 1.19 bits per heavy atom. The molecule has 0 amide bonds. The molecule has 1 aromatic heterocycles. The third-order valence-electron chi connectivity index (χ3n) is 2.42. The summed E-state index contributed by atoms with van der Waals surface area (Å²) < 4.78 is 38.7. The van der Waals surface area contributed by atoms with Crippen molar-refractivity contribution in [2.75, 3.05) is 0 Å². The summed E-state index contributed by atoms with van der Waals surface area (Å²) in [6, 6.07) is 8.37. The molecule has 1 aromatic carbocycles. The van der Waals surface area contributed by atoms with E-state index in [0.29, 0.717) is 15.4 Å². The van der Waals surface area contributed by atoms with E-state index in [-0.39, 0.29) is 10.6 Å². The zero-order chi connectivity index (χ0) is 15.6. The number of rotatable bonds is 3. The number of benzene rings is 1. The lowest BCUT2D eigenvalue weighted by atomic mass is 10.2. The van der Waals surface area contributed by atoms with Gasteiger partial charge in [0.1, 0.15) is 10.7 Å². The van der Waals surface area contributed by atoms with Crippen LogP contribution in [0.2, 0.25) is 0 Å². The van der Waals surface area contributed by atoms with Gasteiger partial charge in [0, 0.05) is 9.37 Å². The molecule has 0 spiro atoms. The smallest absolute Gasteiger partial charge is 0.433 e. The van der Waals surface area contributed by atoms with Crippen molar-refractivity contribution in [3.63, 3.8) is 0 Å². The van der Waals surface area contributed by atoms with Crippen molar-refractivity contribution in [2.24, 2.45) is 0 Å². The number of alkyl halides is 3. The molecule has 0 bridgehead atoms. The maximum Gasteiger partial charge on any atom is 0.433 e. The summed E-state index contributed by atoms with van der Waals surface area (Å²) in [7, 11) is 0. The van der Waals surface area contributed by atoms with Crippen LogP contribution >= 0.6 is 27.7 Å². The standard InChI is InChI=1S/C13H7BrF3NO2S/c14-8-3-1-2-4-9(8)21-11-7(12(19)20)5-6-10(18-11)13(15,16)17/h1-6H,(H,19,20). The molecule has 0 aliphatic rings. The van der Waals surface area contributed by atoms with Crippen LogP contribution in [0.5, 0.6) is 0 Å². The number of hydrogen-bond acceptors (Lipinski definition) is 3. The van der Waals surface area contributed by atoms with Crippen LogP contribution in [-0.4, -0.2) is 16.1 Å². The van der Waals surface area contributed by atoms with Crippen molar-refractivity contribution >= 4 is 33.7 Å². The number of carbonyl (C=O) groups is 1. The predicted molar refractivity (Wildman–Crippen MR) is 74.5 cm³/mol. The quantitative estimate of drug-likeness (QED) is 0.841. The van der Waals surface area contributed by atoms with E-state index in [2.05, 4.69) is 20.9 Å². The molecule has 2 aromatic rings. The van der Waals surface area contributed by atoms with Crippen LogP contribution in [-0.2, 0) is 6.18 Å². The zero-order valence-corrected chi connectivity index (χ0v) is 12.6. The first kappa shape index (κ1) is 15.8. The molecule has 0 aliphatic heterocycles. The van der Waals surface area contributed by atoms with Crippen molar-refractivity contribution in [3.8, 4) is 0 Å². The summed E-state index contributed by atoms with van der Waals surface area (Å²) in [6.07, 6.45) is -4.62. The Morgan fingerprint density at radius 3 is 2.43 bits per heavy atom. The summed E-state index contributed by atoms with van der Waals surface area (Å²) in [6.45, 7) is 0. The highest BCUT2D eigenvalue weighted by atomic mass is 79.9. The van der Waals surface area contributed by atoms with Crippen LogP contribution in [0.25, 0.3) is 0 Å². The van der Waals surface area contributed by atoms with Gasteiger partial charge in [0.25, 0.3) is 0 Å². The molecular weight excluding hydrogens is 371 g/mol. The Kier molecular flexibility index (Phi) is 4.58. The van der Waals surface area contributed by atoms with Crippen molar-refractivity contribution in [3.05, 3.63) is 52.1 Å². The van der Waals surface area contributed by atoms with Gasteiger partial charge in [-0.05, 0) is 40.2 Å². The van der Waals surface area contributed by atoms with Gasteiger partial charge in [0.2, 0.25) is 0 Å². The van der Waals surface area contributed by atoms with Crippen LogP contribution in [0, 0.1) is 0 Å². The van der Waals surface area contributed by atoms with Gasteiger partial charge < -0.3 is 5.11 Å². The highest BCUT2D eigenvalue weighted by Gasteiger charge is 2.33. The third kappa shape index (κ3) is 3.76. The van der Waals surface area contributed by atoms with Gasteiger partial charge in [-0.1, -0.05) is 23.9 Å². The van der Waals surface area contributed by atoms with Crippen molar-refractivity contribution in [1.82, 2.24) is 4.98 Å². The van der Waals surface area contributed by atoms with Gasteiger partial charge in [0.05, 0.1) is 5.56 Å². The number of aromatic carboxylic acids is 1. The third-order valence-corrected chi connectivity index (χ3v) is 4.46. The number of hydrogen-bond donors (Lipinski definition) is 1. The molecule has 0 saturated carbocycles. The first-order chi connectivity index (χ1) is 9.79. The van der Waals surface area contributed by atoms with Gasteiger partial charge >= 0.3 is 12.1 Å². The fraction of sp³-hybridized carbons (Fsp3) is 0.0769. The number of carboxylic acid groups (broad SMARTS) is 1. The monoisotopic (exact) mass is 377 g/mol. The first-order valence-electron chi connectivity index (χ1n) is 5.53. The van der Waals surface area contributed by atoms with Crippen LogP contribution in [0.1, 0.15) is 16.1 Å². The summed E-state index contributed by atoms with van der Waals surface area (Å²) in [5.41, 5.74) is -1.40. The first-order valence-corrected chi connectivity index (χ1v) is 7.14. The lowest BCUT2D eigenvalue weighted by Gasteiger charge is -2.10. The normalized spacial score (nSPS) is 11.4. The zero-order valence-electron chi connectivity index (χ0n) is 10.2.